The van der Waals surface area contributed by atoms with Crippen LogP contribution in [0, 0.1) is 22.0 Å². The van der Waals surface area contributed by atoms with Gasteiger partial charge in [0.15, 0.2) is 0 Å². The van der Waals surface area contributed by atoms with E-state index in [-0.39, 0.29) is 23.3 Å². The number of amides is 4. The largest absolute Gasteiger partial charge is 0.342 e. The van der Waals surface area contributed by atoms with Gasteiger partial charge in [0, 0.05) is 39.3 Å². The van der Waals surface area contributed by atoms with E-state index >= 15 is 0 Å². The van der Waals surface area contributed by atoms with E-state index < -0.39 is 34.6 Å². The van der Waals surface area contributed by atoms with Crippen LogP contribution in [0.25, 0.3) is 0 Å². The average Bonchev–Trinajstić information content (AvgIpc) is 2.98. The molecule has 40 heavy (non-hydrogen) atoms. The fourth-order valence-corrected chi connectivity index (χ4v) is 6.98. The molecular weight excluding hydrogens is 532 g/mol. The van der Waals surface area contributed by atoms with Crippen LogP contribution in [0.1, 0.15) is 30.1 Å². The van der Waals surface area contributed by atoms with Crippen molar-refractivity contribution in [3.05, 3.63) is 75.8 Å². The van der Waals surface area contributed by atoms with Crippen molar-refractivity contribution < 1.29 is 19.3 Å². The van der Waals surface area contributed by atoms with Crippen molar-refractivity contribution in [1.82, 2.24) is 25.3 Å². The summed E-state index contributed by atoms with van der Waals surface area (Å²) in [7, 11) is 3.10. The van der Waals surface area contributed by atoms with Gasteiger partial charge in [-0.1, -0.05) is 30.3 Å². The van der Waals surface area contributed by atoms with Crippen LogP contribution < -0.4 is 10.6 Å². The Morgan fingerprint density at radius 3 is 2.35 bits per heavy atom. The second-order valence-electron chi connectivity index (χ2n) is 10.6. The number of nitrogens with zero attached hydrogens (tertiary/aromatic N) is 4. The first-order valence-corrected chi connectivity index (χ1v) is 14.5. The number of hydrogen-bond acceptors (Lipinski definition) is 8. The van der Waals surface area contributed by atoms with Gasteiger partial charge in [-0.15, -0.1) is 11.8 Å². The van der Waals surface area contributed by atoms with E-state index in [0.29, 0.717) is 19.0 Å². The number of carbonyl (C=O) groups is 3. The second-order valence-corrected chi connectivity index (χ2v) is 11.8. The fourth-order valence-electron chi connectivity index (χ4n) is 5.77. The Hall–Kier alpha value is -3.48. The van der Waals surface area contributed by atoms with Gasteiger partial charge in [-0.2, -0.15) is 0 Å². The number of urea groups is 1. The first-order chi connectivity index (χ1) is 19.2. The number of likely N-dealkylation sites (tertiary alicyclic amines) is 1. The first-order valence-electron chi connectivity index (χ1n) is 13.5. The molecule has 0 saturated carbocycles. The van der Waals surface area contributed by atoms with Crippen LogP contribution >= 0.6 is 11.8 Å². The lowest BCUT2D eigenvalue weighted by Gasteiger charge is -2.50. The maximum Gasteiger partial charge on any atom is 0.327 e. The van der Waals surface area contributed by atoms with E-state index in [0.717, 1.165) is 29.7 Å². The number of fused-ring (bicyclic) bond motifs is 1. The molecule has 0 aliphatic carbocycles. The maximum atomic E-state index is 13.2. The predicted octanol–water partition coefficient (Wildman–Crippen LogP) is 2.79. The zero-order chi connectivity index (χ0) is 28.4. The van der Waals surface area contributed by atoms with E-state index in [2.05, 4.69) is 34.9 Å². The molecule has 3 fully saturated rings. The monoisotopic (exact) mass is 566 g/mol. The number of imide groups is 1. The minimum atomic E-state index is -0.614. The van der Waals surface area contributed by atoms with E-state index in [4.69, 9.17) is 0 Å². The standard InChI is InChI=1S/C28H34N6O5S/c1-31-25-23(27(36)32(2)28(31)37)26(30-24(29-25)20-8-10-21(11-9-20)34(38)39)40-17-22(35)33-14-12-19(13-15-33)16-18-6-4-3-5-7-18/h3-11,19,23-26,29-30H,12-17H2,1-2H3. The minimum Gasteiger partial charge on any atom is -0.342 e. The Balaban J connectivity index is 1.25. The molecule has 3 aliphatic heterocycles. The summed E-state index contributed by atoms with van der Waals surface area (Å²) in [4.78, 5) is 54.3. The molecule has 4 unspecified atom stereocenters. The lowest BCUT2D eigenvalue weighted by atomic mass is 9.90. The van der Waals surface area contributed by atoms with Crippen molar-refractivity contribution in [1.29, 1.82) is 0 Å². The number of hydrogen-bond donors (Lipinski definition) is 2. The van der Waals surface area contributed by atoms with Gasteiger partial charge in [0.2, 0.25) is 11.8 Å². The number of nitrogens with one attached hydrogen (secondary N) is 2. The van der Waals surface area contributed by atoms with Gasteiger partial charge in [-0.3, -0.25) is 35.2 Å². The van der Waals surface area contributed by atoms with Crippen LogP contribution in [0.4, 0.5) is 10.5 Å². The van der Waals surface area contributed by atoms with Gasteiger partial charge >= 0.3 is 6.03 Å². The highest BCUT2D eigenvalue weighted by Crippen LogP contribution is 2.35. The Morgan fingerprint density at radius 2 is 1.70 bits per heavy atom. The molecule has 0 aromatic heterocycles. The molecule has 3 heterocycles. The Morgan fingerprint density at radius 1 is 1.02 bits per heavy atom. The molecule has 4 atom stereocenters. The molecular formula is C28H34N6O5S. The summed E-state index contributed by atoms with van der Waals surface area (Å²) in [5, 5.41) is 17.4. The molecule has 2 aromatic carbocycles. The Kier molecular flexibility index (Phi) is 8.38. The maximum absolute atomic E-state index is 13.2. The second kappa shape index (κ2) is 11.9. The lowest BCUT2D eigenvalue weighted by molar-refractivity contribution is -0.384. The molecule has 0 spiro atoms. The molecule has 0 bridgehead atoms. The summed E-state index contributed by atoms with van der Waals surface area (Å²) in [5.74, 6) is -0.144. The number of nitro benzene ring substituents is 1. The smallest absolute Gasteiger partial charge is 0.327 e. The summed E-state index contributed by atoms with van der Waals surface area (Å²) >= 11 is 1.37. The predicted molar refractivity (Wildman–Crippen MR) is 151 cm³/mol. The van der Waals surface area contributed by atoms with Crippen molar-refractivity contribution in [2.45, 2.75) is 37.0 Å². The van der Waals surface area contributed by atoms with Crippen molar-refractivity contribution in [2.24, 2.45) is 11.8 Å². The Bertz CT molecular complexity index is 1250. The molecule has 3 saturated heterocycles. The fraction of sp³-hybridized carbons (Fsp3) is 0.464. The zero-order valence-corrected chi connectivity index (χ0v) is 23.4. The van der Waals surface area contributed by atoms with Crippen molar-refractivity contribution in [2.75, 3.05) is 32.9 Å². The number of non-ortho nitro benzene ring substituents is 1. The summed E-state index contributed by atoms with van der Waals surface area (Å²) in [6.07, 6.45) is 1.86. The van der Waals surface area contributed by atoms with E-state index in [9.17, 15) is 24.5 Å². The first kappa shape index (κ1) is 28.1. The normalized spacial score (nSPS) is 25.6. The third-order valence-corrected chi connectivity index (χ3v) is 9.32. The number of rotatable bonds is 7. The number of carbonyl (C=O) groups excluding carboxylic acids is 3. The van der Waals surface area contributed by atoms with Crippen LogP contribution in [0.3, 0.4) is 0 Å². The zero-order valence-electron chi connectivity index (χ0n) is 22.6. The Labute approximate surface area is 237 Å². The van der Waals surface area contributed by atoms with Gasteiger partial charge in [0.1, 0.15) is 0 Å². The van der Waals surface area contributed by atoms with Gasteiger partial charge in [0.05, 0.1) is 34.3 Å². The molecule has 5 rings (SSSR count). The molecule has 212 valence electrons. The highest BCUT2D eigenvalue weighted by Gasteiger charge is 2.51. The van der Waals surface area contributed by atoms with Crippen LogP contribution in [-0.4, -0.2) is 81.9 Å². The number of piperidine rings is 1. The topological polar surface area (TPSA) is 128 Å². The molecule has 0 radical (unpaired) electrons. The highest BCUT2D eigenvalue weighted by molar-refractivity contribution is 8.00. The quantitative estimate of drug-likeness (QED) is 0.387. The van der Waals surface area contributed by atoms with Gasteiger partial charge in [-0.05, 0) is 48.4 Å². The van der Waals surface area contributed by atoms with Gasteiger partial charge < -0.3 is 9.80 Å². The van der Waals surface area contributed by atoms with E-state index in [1.54, 1.807) is 19.2 Å². The number of benzene rings is 2. The van der Waals surface area contributed by atoms with Crippen LogP contribution in [0.15, 0.2) is 54.6 Å². The van der Waals surface area contributed by atoms with Gasteiger partial charge in [0.25, 0.3) is 5.69 Å². The summed E-state index contributed by atoms with van der Waals surface area (Å²) in [6, 6.07) is 16.1. The SMILES string of the molecule is CN1C(=O)C2C(SCC(=O)N3CCC(Cc4ccccc4)CC3)NC(c3ccc([N+](=O)[O-])cc3)NC2N(C)C1=O. The third-order valence-electron chi connectivity index (χ3n) is 8.11. The van der Waals surface area contributed by atoms with Crippen molar-refractivity contribution in [3.8, 4) is 0 Å². The average molecular weight is 567 g/mol. The molecule has 2 aromatic rings. The lowest BCUT2D eigenvalue weighted by Crippen LogP contribution is -2.72. The summed E-state index contributed by atoms with van der Waals surface area (Å²) < 4.78 is 0. The van der Waals surface area contributed by atoms with Gasteiger partial charge in [-0.25, -0.2) is 4.79 Å². The minimum absolute atomic E-state index is 0.0248. The van der Waals surface area contributed by atoms with Crippen LogP contribution in [0.2, 0.25) is 0 Å². The van der Waals surface area contributed by atoms with Crippen molar-refractivity contribution in [3.63, 3.8) is 0 Å². The van der Waals surface area contributed by atoms with E-state index in [1.807, 2.05) is 11.0 Å². The molecule has 3 aliphatic rings. The third kappa shape index (κ3) is 5.84. The number of thioether (sulfide) groups is 1. The summed E-state index contributed by atoms with van der Waals surface area (Å²) in [5.41, 5.74) is 2.03. The van der Waals surface area contributed by atoms with Crippen LogP contribution in [0.5, 0.6) is 0 Å². The molecule has 11 nitrogen and oxygen atoms in total. The molecule has 2 N–H and O–H groups in total. The highest BCUT2D eigenvalue weighted by atomic mass is 32.2. The van der Waals surface area contributed by atoms with Crippen molar-refractivity contribution >= 4 is 35.3 Å². The summed E-state index contributed by atoms with van der Waals surface area (Å²) in [6.45, 7) is 1.43. The van der Waals surface area contributed by atoms with Crippen LogP contribution in [-0.2, 0) is 16.0 Å². The number of nitro groups is 1. The molecule has 4 amide bonds. The van der Waals surface area contributed by atoms with E-state index in [1.165, 1.54) is 41.4 Å². The molecule has 12 heteroatoms.